The minimum absolute atomic E-state index is 0.0922. The number of ether oxygens (including phenoxy) is 2. The second-order valence-electron chi connectivity index (χ2n) is 4.84. The first-order chi connectivity index (χ1) is 11.2. The third-order valence-electron chi connectivity index (χ3n) is 3.15. The van der Waals surface area contributed by atoms with Crippen LogP contribution in [0.4, 0.5) is 5.95 Å². The monoisotopic (exact) mass is 311 g/mol. The van der Waals surface area contributed by atoms with Crippen LogP contribution in [0.1, 0.15) is 6.92 Å². The van der Waals surface area contributed by atoms with Crippen LogP contribution < -0.4 is 14.8 Å². The van der Waals surface area contributed by atoms with E-state index in [4.69, 9.17) is 9.47 Å². The molecule has 0 aliphatic rings. The third-order valence-corrected chi connectivity index (χ3v) is 3.15. The fraction of sp³-hybridized carbons (Fsp3) is 0.176. The molecule has 0 fully saturated rings. The molecule has 3 rings (SSSR count). The van der Waals surface area contributed by atoms with Crippen LogP contribution in [0, 0.1) is 0 Å². The first kappa shape index (κ1) is 14.9. The highest BCUT2D eigenvalue weighted by Crippen LogP contribution is 2.17. The molecule has 0 unspecified atom stereocenters. The van der Waals surface area contributed by atoms with E-state index < -0.39 is 0 Å². The number of amides is 1. The summed E-state index contributed by atoms with van der Waals surface area (Å²) < 4.78 is 10.8. The first-order valence-electron chi connectivity index (χ1n) is 7.35. The number of hydrogen-bond donors (Lipinski definition) is 2. The molecule has 0 radical (unpaired) electrons. The summed E-state index contributed by atoms with van der Waals surface area (Å²) in [6.45, 7) is 2.44. The van der Waals surface area contributed by atoms with Crippen molar-refractivity contribution in [2.45, 2.75) is 6.92 Å². The average Bonchev–Trinajstić information content (AvgIpc) is 2.96. The summed E-state index contributed by atoms with van der Waals surface area (Å²) in [7, 11) is 0. The number of para-hydroxylation sites is 2. The lowest BCUT2D eigenvalue weighted by Crippen LogP contribution is -2.20. The van der Waals surface area contributed by atoms with Crippen molar-refractivity contribution >= 4 is 22.9 Å². The molecule has 3 aromatic rings. The van der Waals surface area contributed by atoms with Crippen LogP contribution in [0.25, 0.3) is 11.0 Å². The van der Waals surface area contributed by atoms with Gasteiger partial charge in [0.05, 0.1) is 17.6 Å². The van der Waals surface area contributed by atoms with Gasteiger partial charge in [-0.25, -0.2) is 4.98 Å². The van der Waals surface area contributed by atoms with Crippen LogP contribution in [0.3, 0.4) is 0 Å². The SMILES string of the molecule is CCOc1ccc(OCC(=O)Nc2nc3ccccc3[nH]2)cc1. The zero-order chi connectivity index (χ0) is 16.1. The van der Waals surface area contributed by atoms with Crippen molar-refractivity contribution in [1.82, 2.24) is 9.97 Å². The van der Waals surface area contributed by atoms with E-state index in [2.05, 4.69) is 15.3 Å². The zero-order valence-electron chi connectivity index (χ0n) is 12.7. The number of nitrogens with zero attached hydrogens (tertiary/aromatic N) is 1. The van der Waals surface area contributed by atoms with Crippen molar-refractivity contribution in [1.29, 1.82) is 0 Å². The number of nitrogens with one attached hydrogen (secondary N) is 2. The minimum Gasteiger partial charge on any atom is -0.494 e. The lowest BCUT2D eigenvalue weighted by Gasteiger charge is -2.07. The van der Waals surface area contributed by atoms with Crippen molar-refractivity contribution in [2.24, 2.45) is 0 Å². The predicted molar refractivity (Wildman–Crippen MR) is 87.8 cm³/mol. The van der Waals surface area contributed by atoms with Gasteiger partial charge in [-0.05, 0) is 43.3 Å². The van der Waals surface area contributed by atoms with Crippen LogP contribution in [-0.2, 0) is 4.79 Å². The number of benzene rings is 2. The third kappa shape index (κ3) is 3.79. The van der Waals surface area contributed by atoms with Gasteiger partial charge in [-0.3, -0.25) is 10.1 Å². The number of rotatable bonds is 6. The van der Waals surface area contributed by atoms with E-state index in [1.807, 2.05) is 31.2 Å². The summed E-state index contributed by atoms with van der Waals surface area (Å²) in [4.78, 5) is 19.2. The van der Waals surface area contributed by atoms with Gasteiger partial charge in [0.1, 0.15) is 11.5 Å². The molecule has 0 saturated carbocycles. The fourth-order valence-corrected chi connectivity index (χ4v) is 2.13. The molecule has 1 heterocycles. The molecule has 118 valence electrons. The summed E-state index contributed by atoms with van der Waals surface area (Å²) in [6, 6.07) is 14.7. The van der Waals surface area contributed by atoms with Gasteiger partial charge in [-0.1, -0.05) is 12.1 Å². The number of aromatic nitrogens is 2. The number of anilines is 1. The Balaban J connectivity index is 1.54. The highest BCUT2D eigenvalue weighted by molar-refractivity contribution is 5.92. The quantitative estimate of drug-likeness (QED) is 0.734. The van der Waals surface area contributed by atoms with E-state index in [-0.39, 0.29) is 12.5 Å². The Bertz CT molecular complexity index is 763. The number of imidazole rings is 1. The second kappa shape index (κ2) is 6.83. The number of aromatic amines is 1. The summed E-state index contributed by atoms with van der Waals surface area (Å²) in [5.41, 5.74) is 1.67. The second-order valence-corrected chi connectivity index (χ2v) is 4.84. The Morgan fingerprint density at radius 1 is 1.09 bits per heavy atom. The van der Waals surface area contributed by atoms with Crippen LogP contribution in [-0.4, -0.2) is 29.1 Å². The van der Waals surface area contributed by atoms with E-state index in [0.717, 1.165) is 16.8 Å². The molecule has 6 heteroatoms. The maximum absolute atomic E-state index is 11.9. The number of H-pyrrole nitrogens is 1. The standard InChI is InChI=1S/C17H17N3O3/c1-2-22-12-7-9-13(10-8-12)23-11-16(21)20-17-18-14-5-3-4-6-15(14)19-17/h3-10H,2,11H2,1H3,(H2,18,19,20,21). The summed E-state index contributed by atoms with van der Waals surface area (Å²) in [5, 5.41) is 2.68. The van der Waals surface area contributed by atoms with Gasteiger partial charge in [-0.15, -0.1) is 0 Å². The molecule has 2 aromatic carbocycles. The van der Waals surface area contributed by atoms with Gasteiger partial charge >= 0.3 is 0 Å². The topological polar surface area (TPSA) is 76.2 Å². The molecule has 0 atom stereocenters. The molecule has 0 spiro atoms. The van der Waals surface area contributed by atoms with Crippen molar-refractivity contribution in [3.05, 3.63) is 48.5 Å². The average molecular weight is 311 g/mol. The Labute approximate surface area is 133 Å². The van der Waals surface area contributed by atoms with Crippen molar-refractivity contribution in [3.8, 4) is 11.5 Å². The van der Waals surface area contributed by atoms with Crippen molar-refractivity contribution in [2.75, 3.05) is 18.5 Å². The molecule has 0 saturated heterocycles. The molecular weight excluding hydrogens is 294 g/mol. The molecule has 1 amide bonds. The molecule has 2 N–H and O–H groups in total. The Morgan fingerprint density at radius 3 is 2.48 bits per heavy atom. The van der Waals surface area contributed by atoms with Crippen LogP contribution in [0.5, 0.6) is 11.5 Å². The van der Waals surface area contributed by atoms with Crippen molar-refractivity contribution < 1.29 is 14.3 Å². The molecule has 23 heavy (non-hydrogen) atoms. The normalized spacial score (nSPS) is 10.5. The highest BCUT2D eigenvalue weighted by Gasteiger charge is 2.07. The fourth-order valence-electron chi connectivity index (χ4n) is 2.13. The summed E-state index contributed by atoms with van der Waals surface area (Å²) in [6.07, 6.45) is 0. The molecular formula is C17H17N3O3. The molecule has 0 bridgehead atoms. The van der Waals surface area contributed by atoms with Gasteiger partial charge in [0.2, 0.25) is 5.95 Å². The minimum atomic E-state index is -0.280. The van der Waals surface area contributed by atoms with Crippen molar-refractivity contribution in [3.63, 3.8) is 0 Å². The van der Waals surface area contributed by atoms with E-state index in [1.165, 1.54) is 0 Å². The Kier molecular flexibility index (Phi) is 4.42. The smallest absolute Gasteiger partial charge is 0.264 e. The number of carbonyl (C=O) groups excluding carboxylic acids is 1. The summed E-state index contributed by atoms with van der Waals surface area (Å²) in [5.74, 6) is 1.50. The number of carbonyl (C=O) groups is 1. The van der Waals surface area contributed by atoms with Gasteiger partial charge < -0.3 is 14.5 Å². The molecule has 0 aliphatic carbocycles. The van der Waals surface area contributed by atoms with Gasteiger partial charge in [-0.2, -0.15) is 0 Å². The van der Waals surface area contributed by atoms with Crippen LogP contribution in [0.2, 0.25) is 0 Å². The lowest BCUT2D eigenvalue weighted by molar-refractivity contribution is -0.118. The molecule has 6 nitrogen and oxygen atoms in total. The maximum Gasteiger partial charge on any atom is 0.264 e. The summed E-state index contributed by atoms with van der Waals surface area (Å²) >= 11 is 0. The zero-order valence-corrected chi connectivity index (χ0v) is 12.7. The van der Waals surface area contributed by atoms with Gasteiger partial charge in [0, 0.05) is 0 Å². The van der Waals surface area contributed by atoms with E-state index in [9.17, 15) is 4.79 Å². The molecule has 1 aromatic heterocycles. The number of hydrogen-bond acceptors (Lipinski definition) is 4. The maximum atomic E-state index is 11.9. The Morgan fingerprint density at radius 2 is 1.78 bits per heavy atom. The highest BCUT2D eigenvalue weighted by atomic mass is 16.5. The largest absolute Gasteiger partial charge is 0.494 e. The number of fused-ring (bicyclic) bond motifs is 1. The predicted octanol–water partition coefficient (Wildman–Crippen LogP) is 2.98. The molecule has 0 aliphatic heterocycles. The first-order valence-corrected chi connectivity index (χ1v) is 7.35. The lowest BCUT2D eigenvalue weighted by atomic mass is 10.3. The van der Waals surface area contributed by atoms with Crippen LogP contribution in [0.15, 0.2) is 48.5 Å². The van der Waals surface area contributed by atoms with Gasteiger partial charge in [0.25, 0.3) is 5.91 Å². The van der Waals surface area contributed by atoms with Gasteiger partial charge in [0.15, 0.2) is 6.61 Å². The van der Waals surface area contributed by atoms with E-state index in [1.54, 1.807) is 24.3 Å². The Hall–Kier alpha value is -3.02. The van der Waals surface area contributed by atoms with E-state index in [0.29, 0.717) is 18.3 Å². The van der Waals surface area contributed by atoms with E-state index >= 15 is 0 Å². The van der Waals surface area contributed by atoms with Crippen LogP contribution >= 0.6 is 0 Å².